The Hall–Kier alpha value is -3.27. The summed E-state index contributed by atoms with van der Waals surface area (Å²) < 4.78 is 10.7. The van der Waals surface area contributed by atoms with Crippen molar-refractivity contribution < 1.29 is 14.3 Å². The zero-order chi connectivity index (χ0) is 19.8. The van der Waals surface area contributed by atoms with Crippen molar-refractivity contribution in [2.75, 3.05) is 19.0 Å². The molecule has 0 bridgehead atoms. The van der Waals surface area contributed by atoms with Gasteiger partial charge >= 0.3 is 5.97 Å². The molecule has 0 spiro atoms. The number of anilines is 1. The molecule has 4 nitrogen and oxygen atoms in total. The molecule has 0 fully saturated rings. The van der Waals surface area contributed by atoms with E-state index < -0.39 is 5.92 Å². The molecule has 0 aromatic heterocycles. The van der Waals surface area contributed by atoms with Crippen LogP contribution in [-0.4, -0.2) is 19.7 Å². The summed E-state index contributed by atoms with van der Waals surface area (Å²) in [6.45, 7) is 2.16. The van der Waals surface area contributed by atoms with Crippen molar-refractivity contribution in [3.05, 3.63) is 96.1 Å². The van der Waals surface area contributed by atoms with Gasteiger partial charge in [0.15, 0.2) is 0 Å². The van der Waals surface area contributed by atoms with Crippen molar-refractivity contribution in [1.29, 1.82) is 0 Å². The molecule has 3 aromatic carbocycles. The van der Waals surface area contributed by atoms with Gasteiger partial charge in [-0.3, -0.25) is 4.79 Å². The van der Waals surface area contributed by atoms with E-state index in [0.29, 0.717) is 6.61 Å². The molecule has 0 aliphatic heterocycles. The molecule has 0 saturated heterocycles. The van der Waals surface area contributed by atoms with Crippen LogP contribution in [0.25, 0.3) is 0 Å². The van der Waals surface area contributed by atoms with Crippen LogP contribution in [0.1, 0.15) is 30.0 Å². The van der Waals surface area contributed by atoms with E-state index in [0.717, 1.165) is 22.6 Å². The SMILES string of the molecule is CCOC(=O)C(c1ccccc1)C(Nc1ccccc1)c1ccc(OC)cc1. The van der Waals surface area contributed by atoms with Crippen LogP contribution in [0.5, 0.6) is 5.75 Å². The summed E-state index contributed by atoms with van der Waals surface area (Å²) in [5, 5.41) is 3.53. The third-order valence-corrected chi connectivity index (χ3v) is 4.60. The fourth-order valence-electron chi connectivity index (χ4n) is 3.24. The van der Waals surface area contributed by atoms with E-state index in [9.17, 15) is 4.79 Å². The maximum Gasteiger partial charge on any atom is 0.315 e. The number of methoxy groups -OCH3 is 1. The lowest BCUT2D eigenvalue weighted by Gasteiger charge is -2.28. The van der Waals surface area contributed by atoms with Crippen molar-refractivity contribution >= 4 is 11.7 Å². The number of nitrogens with one attached hydrogen (secondary N) is 1. The Labute approximate surface area is 166 Å². The summed E-state index contributed by atoms with van der Waals surface area (Å²) in [6.07, 6.45) is 0. The highest BCUT2D eigenvalue weighted by molar-refractivity contribution is 5.80. The molecule has 4 heteroatoms. The quantitative estimate of drug-likeness (QED) is 0.550. The Bertz CT molecular complexity index is 863. The minimum absolute atomic E-state index is 0.252. The second-order valence-electron chi connectivity index (χ2n) is 6.40. The standard InChI is InChI=1S/C24H25NO3/c1-3-28-24(26)22(18-10-6-4-7-11-18)23(25-20-12-8-5-9-13-20)19-14-16-21(27-2)17-15-19/h4-17,22-23,25H,3H2,1-2H3. The highest BCUT2D eigenvalue weighted by Gasteiger charge is 2.32. The first-order chi connectivity index (χ1) is 13.7. The summed E-state index contributed by atoms with van der Waals surface area (Å²) in [5.41, 5.74) is 2.82. The molecular formula is C24H25NO3. The van der Waals surface area contributed by atoms with Crippen molar-refractivity contribution in [1.82, 2.24) is 0 Å². The van der Waals surface area contributed by atoms with Crippen molar-refractivity contribution in [2.45, 2.75) is 18.9 Å². The number of rotatable bonds is 8. The molecule has 0 heterocycles. The highest BCUT2D eigenvalue weighted by Crippen LogP contribution is 2.36. The van der Waals surface area contributed by atoms with Gasteiger partial charge < -0.3 is 14.8 Å². The van der Waals surface area contributed by atoms with Crippen LogP contribution >= 0.6 is 0 Å². The predicted octanol–water partition coefficient (Wildman–Crippen LogP) is 5.20. The van der Waals surface area contributed by atoms with Crippen LogP contribution < -0.4 is 10.1 Å². The Balaban J connectivity index is 2.05. The number of hydrogen-bond acceptors (Lipinski definition) is 4. The number of carbonyl (C=O) groups is 1. The Morgan fingerprint density at radius 2 is 1.46 bits per heavy atom. The molecule has 28 heavy (non-hydrogen) atoms. The largest absolute Gasteiger partial charge is 0.497 e. The molecule has 2 atom stereocenters. The van der Waals surface area contributed by atoms with Gasteiger partial charge in [-0.2, -0.15) is 0 Å². The first-order valence-corrected chi connectivity index (χ1v) is 9.40. The first-order valence-electron chi connectivity index (χ1n) is 9.40. The molecule has 0 radical (unpaired) electrons. The van der Waals surface area contributed by atoms with Crippen LogP contribution in [0.2, 0.25) is 0 Å². The van der Waals surface area contributed by atoms with Crippen molar-refractivity contribution in [2.24, 2.45) is 0 Å². The summed E-state index contributed by atoms with van der Waals surface area (Å²) in [7, 11) is 1.64. The minimum atomic E-state index is -0.491. The predicted molar refractivity (Wildman–Crippen MR) is 112 cm³/mol. The fourth-order valence-corrected chi connectivity index (χ4v) is 3.24. The molecule has 1 N–H and O–H groups in total. The van der Waals surface area contributed by atoms with Crippen molar-refractivity contribution in [3.8, 4) is 5.75 Å². The second-order valence-corrected chi connectivity index (χ2v) is 6.40. The third kappa shape index (κ3) is 4.71. The van der Waals surface area contributed by atoms with Crippen LogP contribution in [0, 0.1) is 0 Å². The van der Waals surface area contributed by atoms with Gasteiger partial charge in [-0.15, -0.1) is 0 Å². The Morgan fingerprint density at radius 3 is 2.04 bits per heavy atom. The maximum atomic E-state index is 13.0. The average molecular weight is 375 g/mol. The summed E-state index contributed by atoms with van der Waals surface area (Å²) in [4.78, 5) is 13.0. The van der Waals surface area contributed by atoms with Gasteiger partial charge in [0.25, 0.3) is 0 Å². The van der Waals surface area contributed by atoms with Crippen molar-refractivity contribution in [3.63, 3.8) is 0 Å². The zero-order valence-corrected chi connectivity index (χ0v) is 16.2. The van der Waals surface area contributed by atoms with E-state index in [4.69, 9.17) is 9.47 Å². The molecule has 0 aliphatic carbocycles. The Kier molecular flexibility index (Phi) is 6.68. The molecule has 3 aromatic rings. The highest BCUT2D eigenvalue weighted by atomic mass is 16.5. The van der Waals surface area contributed by atoms with Gasteiger partial charge in [0.2, 0.25) is 0 Å². The maximum absolute atomic E-state index is 13.0. The summed E-state index contributed by atoms with van der Waals surface area (Å²) in [5.74, 6) is 0.0299. The topological polar surface area (TPSA) is 47.6 Å². The van der Waals surface area contributed by atoms with Crippen LogP contribution in [0.4, 0.5) is 5.69 Å². The van der Waals surface area contributed by atoms with Gasteiger partial charge in [-0.25, -0.2) is 0 Å². The first kappa shape index (κ1) is 19.5. The summed E-state index contributed by atoms with van der Waals surface area (Å²) >= 11 is 0. The monoisotopic (exact) mass is 375 g/mol. The molecule has 0 saturated carbocycles. The van der Waals surface area contributed by atoms with Gasteiger partial charge in [-0.1, -0.05) is 60.7 Å². The summed E-state index contributed by atoms with van der Waals surface area (Å²) in [6, 6.07) is 27.1. The van der Waals surface area contributed by atoms with E-state index in [-0.39, 0.29) is 12.0 Å². The second kappa shape index (κ2) is 9.60. The van der Waals surface area contributed by atoms with E-state index in [1.807, 2.05) is 91.9 Å². The molecule has 0 aliphatic rings. The smallest absolute Gasteiger partial charge is 0.315 e. The van der Waals surface area contributed by atoms with Crippen LogP contribution in [-0.2, 0) is 9.53 Å². The van der Waals surface area contributed by atoms with Crippen LogP contribution in [0.3, 0.4) is 0 Å². The molecular weight excluding hydrogens is 350 g/mol. The number of para-hydroxylation sites is 1. The van der Waals surface area contributed by atoms with E-state index in [2.05, 4.69) is 5.32 Å². The fraction of sp³-hybridized carbons (Fsp3) is 0.208. The molecule has 2 unspecified atom stereocenters. The van der Waals surface area contributed by atoms with Gasteiger partial charge in [0.05, 0.1) is 19.8 Å². The number of ether oxygens (including phenoxy) is 2. The van der Waals surface area contributed by atoms with Gasteiger partial charge in [0, 0.05) is 5.69 Å². The van der Waals surface area contributed by atoms with Gasteiger partial charge in [0.1, 0.15) is 11.7 Å². The van der Waals surface area contributed by atoms with E-state index in [1.54, 1.807) is 7.11 Å². The Morgan fingerprint density at radius 1 is 0.857 bits per heavy atom. The lowest BCUT2D eigenvalue weighted by molar-refractivity contribution is -0.145. The van der Waals surface area contributed by atoms with E-state index in [1.165, 1.54) is 0 Å². The zero-order valence-electron chi connectivity index (χ0n) is 16.2. The lowest BCUT2D eigenvalue weighted by Crippen LogP contribution is -2.27. The number of carbonyl (C=O) groups excluding carboxylic acids is 1. The molecule has 3 rings (SSSR count). The molecule has 144 valence electrons. The normalized spacial score (nSPS) is 12.6. The van der Waals surface area contributed by atoms with Crippen LogP contribution in [0.15, 0.2) is 84.9 Å². The number of esters is 1. The minimum Gasteiger partial charge on any atom is -0.497 e. The third-order valence-electron chi connectivity index (χ3n) is 4.60. The van der Waals surface area contributed by atoms with E-state index >= 15 is 0 Å². The number of hydrogen-bond donors (Lipinski definition) is 1. The average Bonchev–Trinajstić information content (AvgIpc) is 2.75. The molecule has 0 amide bonds. The van der Waals surface area contributed by atoms with Gasteiger partial charge in [-0.05, 0) is 42.3 Å². The number of benzene rings is 3. The lowest BCUT2D eigenvalue weighted by atomic mass is 9.86.